The summed E-state index contributed by atoms with van der Waals surface area (Å²) in [6, 6.07) is 8.52. The maximum absolute atomic E-state index is 14.1. The fourth-order valence-corrected chi connectivity index (χ4v) is 4.83. The zero-order valence-electron chi connectivity index (χ0n) is 18.1. The van der Waals surface area contributed by atoms with Crippen LogP contribution in [0.3, 0.4) is 0 Å². The van der Waals surface area contributed by atoms with E-state index >= 15 is 0 Å². The Kier molecular flexibility index (Phi) is 7.10. The summed E-state index contributed by atoms with van der Waals surface area (Å²) in [7, 11) is 1.11. The van der Waals surface area contributed by atoms with E-state index in [4.69, 9.17) is 34.8 Å². The Labute approximate surface area is 217 Å². The molecule has 2 N–H and O–H groups in total. The van der Waals surface area contributed by atoms with E-state index in [-0.39, 0.29) is 27.5 Å². The molecule has 0 bridgehead atoms. The van der Waals surface area contributed by atoms with Crippen LogP contribution in [-0.4, -0.2) is 23.3 Å². The number of methoxy groups -OCH3 is 1. The van der Waals surface area contributed by atoms with Crippen LogP contribution in [0.15, 0.2) is 48.5 Å². The third kappa shape index (κ3) is 4.96. The van der Waals surface area contributed by atoms with Crippen LogP contribution in [-0.2, 0) is 4.79 Å². The van der Waals surface area contributed by atoms with Crippen LogP contribution in [0.25, 0.3) is 0 Å². The van der Waals surface area contributed by atoms with Gasteiger partial charge in [0.25, 0.3) is 5.91 Å². The van der Waals surface area contributed by atoms with Crippen LogP contribution < -0.4 is 15.4 Å². The summed E-state index contributed by atoms with van der Waals surface area (Å²) in [5, 5.41) is 4.80. The summed E-state index contributed by atoms with van der Waals surface area (Å²) in [5.74, 6) is -7.84. The van der Waals surface area contributed by atoms with Gasteiger partial charge in [-0.15, -0.1) is 23.2 Å². The van der Waals surface area contributed by atoms with Crippen molar-refractivity contribution in [3.63, 3.8) is 0 Å². The van der Waals surface area contributed by atoms with Gasteiger partial charge in [0, 0.05) is 17.7 Å². The van der Waals surface area contributed by atoms with Crippen molar-refractivity contribution in [3.05, 3.63) is 87.9 Å². The van der Waals surface area contributed by atoms with Gasteiger partial charge in [0.1, 0.15) is 16.0 Å². The minimum atomic E-state index is -1.65. The van der Waals surface area contributed by atoms with Crippen LogP contribution in [0.5, 0.6) is 5.75 Å². The maximum Gasteiger partial charge on any atom is 0.257 e. The smallest absolute Gasteiger partial charge is 0.257 e. The highest BCUT2D eigenvalue weighted by Gasteiger charge is 2.67. The average Bonchev–Trinajstić information content (AvgIpc) is 3.38. The van der Waals surface area contributed by atoms with E-state index in [0.29, 0.717) is 6.07 Å². The maximum atomic E-state index is 14.1. The first-order chi connectivity index (χ1) is 16.9. The molecular weight excluding hydrogens is 547 g/mol. The number of hydrogen-bond acceptors (Lipinski definition) is 3. The van der Waals surface area contributed by atoms with Gasteiger partial charge < -0.3 is 15.4 Å². The van der Waals surface area contributed by atoms with Gasteiger partial charge in [-0.25, -0.2) is 17.6 Å². The number of ether oxygens (including phenoxy) is 1. The molecule has 36 heavy (non-hydrogen) atoms. The van der Waals surface area contributed by atoms with Crippen LogP contribution in [0, 0.1) is 29.2 Å². The Hall–Kier alpha value is -3.01. The zero-order valence-corrected chi connectivity index (χ0v) is 20.4. The fourth-order valence-electron chi connectivity index (χ4n) is 3.80. The standard InChI is InChI=1S/C24H15Cl3F4N2O3/c1-36-21-16(30)6-10(7-17(21)31)19-20(24(19,26)27)23(35)32-12-3-4-14(25)13(9-12)22(34)33-18-5-2-11(28)8-15(18)29/h2-9,19-20H,1H3,(H,32,35)(H,33,34)/t19-,20+/m1/s1. The highest BCUT2D eigenvalue weighted by atomic mass is 35.5. The largest absolute Gasteiger partial charge is 0.491 e. The van der Waals surface area contributed by atoms with E-state index in [2.05, 4.69) is 15.4 Å². The van der Waals surface area contributed by atoms with Gasteiger partial charge in [-0.05, 0) is 48.0 Å². The fraction of sp³-hybridized carbons (Fsp3) is 0.167. The number of amides is 2. The number of benzene rings is 3. The molecule has 0 radical (unpaired) electrons. The number of nitrogens with one attached hydrogen (secondary N) is 2. The lowest BCUT2D eigenvalue weighted by atomic mass is 10.1. The SMILES string of the molecule is COc1c(F)cc([C@@H]2[C@@H](C(=O)Nc3ccc(Cl)c(C(=O)Nc4ccc(F)cc4F)c3)C2(Cl)Cl)cc1F. The Balaban J connectivity index is 1.52. The monoisotopic (exact) mass is 560 g/mol. The molecular formula is C24H15Cl3F4N2O3. The van der Waals surface area contributed by atoms with E-state index in [9.17, 15) is 27.2 Å². The molecule has 1 aliphatic carbocycles. The molecule has 0 saturated heterocycles. The molecule has 12 heteroatoms. The summed E-state index contributed by atoms with van der Waals surface area (Å²) < 4.78 is 58.3. The number of rotatable bonds is 6. The molecule has 0 spiro atoms. The molecule has 2 atom stereocenters. The second-order valence-corrected chi connectivity index (χ2v) is 9.76. The number of carbonyl (C=O) groups excluding carboxylic acids is 2. The third-order valence-corrected chi connectivity index (χ3v) is 6.85. The van der Waals surface area contributed by atoms with Gasteiger partial charge in [0.05, 0.1) is 29.3 Å². The minimum Gasteiger partial charge on any atom is -0.491 e. The highest BCUT2D eigenvalue weighted by molar-refractivity contribution is 6.53. The Morgan fingerprint density at radius 1 is 0.917 bits per heavy atom. The summed E-state index contributed by atoms with van der Waals surface area (Å²) in [6.07, 6.45) is 0. The van der Waals surface area contributed by atoms with E-state index in [1.54, 1.807) is 0 Å². The summed E-state index contributed by atoms with van der Waals surface area (Å²) >= 11 is 18.6. The highest BCUT2D eigenvalue weighted by Crippen LogP contribution is 2.65. The molecule has 2 amide bonds. The molecule has 4 rings (SSSR count). The van der Waals surface area contributed by atoms with Crippen molar-refractivity contribution in [3.8, 4) is 5.75 Å². The van der Waals surface area contributed by atoms with Crippen molar-refractivity contribution in [2.24, 2.45) is 5.92 Å². The van der Waals surface area contributed by atoms with Crippen molar-refractivity contribution < 1.29 is 31.9 Å². The third-order valence-electron chi connectivity index (χ3n) is 5.58. The predicted octanol–water partition coefficient (Wildman–Crippen LogP) is 6.68. The molecule has 1 fully saturated rings. The van der Waals surface area contributed by atoms with Gasteiger partial charge in [-0.2, -0.15) is 0 Å². The van der Waals surface area contributed by atoms with Crippen LogP contribution >= 0.6 is 34.8 Å². The molecule has 0 aliphatic heterocycles. The molecule has 188 valence electrons. The van der Waals surface area contributed by atoms with E-state index in [0.717, 1.165) is 31.4 Å². The summed E-state index contributed by atoms with van der Waals surface area (Å²) in [5.41, 5.74) is -0.210. The van der Waals surface area contributed by atoms with Crippen molar-refractivity contribution in [2.75, 3.05) is 17.7 Å². The number of carbonyl (C=O) groups is 2. The topological polar surface area (TPSA) is 67.4 Å². The lowest BCUT2D eigenvalue weighted by molar-refractivity contribution is -0.117. The van der Waals surface area contributed by atoms with Crippen LogP contribution in [0.4, 0.5) is 28.9 Å². The number of anilines is 2. The second kappa shape index (κ2) is 9.80. The number of alkyl halides is 2. The van der Waals surface area contributed by atoms with Gasteiger partial charge in [0.2, 0.25) is 5.91 Å². The molecule has 0 unspecified atom stereocenters. The summed E-state index contributed by atoms with van der Waals surface area (Å²) in [6.45, 7) is 0. The van der Waals surface area contributed by atoms with Gasteiger partial charge in [-0.3, -0.25) is 9.59 Å². The first-order valence-electron chi connectivity index (χ1n) is 10.2. The van der Waals surface area contributed by atoms with Crippen molar-refractivity contribution in [2.45, 2.75) is 10.3 Å². The lowest BCUT2D eigenvalue weighted by Crippen LogP contribution is -2.18. The predicted molar refractivity (Wildman–Crippen MR) is 128 cm³/mol. The van der Waals surface area contributed by atoms with E-state index < -0.39 is 57.0 Å². The number of halogens is 7. The first-order valence-corrected chi connectivity index (χ1v) is 11.3. The Morgan fingerprint density at radius 2 is 1.58 bits per heavy atom. The molecule has 5 nitrogen and oxygen atoms in total. The minimum absolute atomic E-state index is 0.00876. The summed E-state index contributed by atoms with van der Waals surface area (Å²) in [4.78, 5) is 25.5. The molecule has 0 heterocycles. The normalized spacial score (nSPS) is 17.9. The molecule has 1 aliphatic rings. The van der Waals surface area contributed by atoms with Crippen LogP contribution in [0.1, 0.15) is 21.8 Å². The Bertz CT molecular complexity index is 1360. The van der Waals surface area contributed by atoms with Gasteiger partial charge >= 0.3 is 0 Å². The first kappa shape index (κ1) is 26.1. The van der Waals surface area contributed by atoms with Gasteiger partial charge in [0.15, 0.2) is 17.4 Å². The quantitative estimate of drug-likeness (QED) is 0.261. The van der Waals surface area contributed by atoms with Crippen molar-refractivity contribution in [1.29, 1.82) is 0 Å². The van der Waals surface area contributed by atoms with Crippen LogP contribution in [0.2, 0.25) is 5.02 Å². The second-order valence-electron chi connectivity index (χ2n) is 7.91. The zero-order chi connectivity index (χ0) is 26.4. The number of hydrogen-bond donors (Lipinski definition) is 2. The lowest BCUT2D eigenvalue weighted by Gasteiger charge is -2.11. The molecule has 3 aromatic carbocycles. The molecule has 0 aromatic heterocycles. The Morgan fingerprint density at radius 3 is 2.19 bits per heavy atom. The van der Waals surface area contributed by atoms with Gasteiger partial charge in [-0.1, -0.05) is 11.6 Å². The van der Waals surface area contributed by atoms with Crippen molar-refractivity contribution in [1.82, 2.24) is 0 Å². The molecule has 3 aromatic rings. The van der Waals surface area contributed by atoms with E-state index in [1.165, 1.54) is 18.2 Å². The van der Waals surface area contributed by atoms with E-state index in [1.807, 2.05) is 0 Å². The molecule has 1 saturated carbocycles. The van der Waals surface area contributed by atoms with Crippen molar-refractivity contribution >= 4 is 58.0 Å². The average molecular weight is 562 g/mol.